The van der Waals surface area contributed by atoms with E-state index >= 15 is 0 Å². The van der Waals surface area contributed by atoms with Crippen LogP contribution in [0.15, 0.2) is 12.4 Å². The molecule has 0 N–H and O–H groups in total. The zero-order valence-electron chi connectivity index (χ0n) is 8.23. The van der Waals surface area contributed by atoms with Crippen molar-refractivity contribution in [2.75, 3.05) is 25.1 Å². The van der Waals surface area contributed by atoms with E-state index in [0.717, 1.165) is 0 Å². The summed E-state index contributed by atoms with van der Waals surface area (Å²) >= 11 is 0. The Morgan fingerprint density at radius 2 is 2.20 bits per heavy atom. The fourth-order valence-electron chi connectivity index (χ4n) is 1.47. The van der Waals surface area contributed by atoms with Gasteiger partial charge in [-0.1, -0.05) is 0 Å². The van der Waals surface area contributed by atoms with Gasteiger partial charge in [0.1, 0.15) is 12.1 Å². The highest BCUT2D eigenvalue weighted by Crippen LogP contribution is 2.27. The third-order valence-electron chi connectivity index (χ3n) is 2.43. The molecule has 4 nitrogen and oxygen atoms in total. The summed E-state index contributed by atoms with van der Waals surface area (Å²) in [5, 5.41) is 0. The fraction of sp³-hybridized carbons (Fsp3) is 0.556. The van der Waals surface area contributed by atoms with Gasteiger partial charge in [-0.25, -0.2) is 18.7 Å². The Hall–Kier alpha value is -1.46. The minimum Gasteiger partial charge on any atom is -0.481 e. The molecule has 2 rings (SSSR count). The van der Waals surface area contributed by atoms with Gasteiger partial charge in [-0.05, 0) is 0 Å². The standard InChI is InChI=1S/C9H11F2N3O/c1-15-8-2-7(12-5-13-8)14-3-6(4-14)9(10)11/h2,5-6,9H,3-4H2,1H3. The number of alkyl halides is 2. The maximum absolute atomic E-state index is 12.2. The van der Waals surface area contributed by atoms with Gasteiger partial charge >= 0.3 is 0 Å². The van der Waals surface area contributed by atoms with Crippen LogP contribution in [-0.4, -0.2) is 36.6 Å². The predicted octanol–water partition coefficient (Wildman–Crippen LogP) is 1.19. The van der Waals surface area contributed by atoms with Crippen LogP contribution in [0.4, 0.5) is 14.6 Å². The van der Waals surface area contributed by atoms with E-state index in [0.29, 0.717) is 24.8 Å². The average Bonchev–Trinajstić information content (AvgIpc) is 2.15. The summed E-state index contributed by atoms with van der Waals surface area (Å²) in [6.07, 6.45) is -0.880. The number of aromatic nitrogens is 2. The van der Waals surface area contributed by atoms with Crippen molar-refractivity contribution in [2.45, 2.75) is 6.43 Å². The lowest BCUT2D eigenvalue weighted by atomic mass is 10.0. The van der Waals surface area contributed by atoms with Crippen molar-refractivity contribution < 1.29 is 13.5 Å². The Morgan fingerprint density at radius 3 is 2.80 bits per heavy atom. The van der Waals surface area contributed by atoms with Crippen molar-refractivity contribution in [3.05, 3.63) is 12.4 Å². The highest BCUT2D eigenvalue weighted by Gasteiger charge is 2.34. The molecule has 82 valence electrons. The van der Waals surface area contributed by atoms with Gasteiger partial charge in [0.15, 0.2) is 0 Å². The summed E-state index contributed by atoms with van der Waals surface area (Å²) < 4.78 is 29.4. The largest absolute Gasteiger partial charge is 0.481 e. The van der Waals surface area contributed by atoms with E-state index in [-0.39, 0.29) is 0 Å². The summed E-state index contributed by atoms with van der Waals surface area (Å²) in [4.78, 5) is 9.62. The lowest BCUT2D eigenvalue weighted by molar-refractivity contribution is 0.0611. The molecule has 1 aliphatic rings. The molecule has 1 aliphatic heterocycles. The van der Waals surface area contributed by atoms with E-state index in [9.17, 15) is 8.78 Å². The topological polar surface area (TPSA) is 38.2 Å². The smallest absolute Gasteiger partial charge is 0.244 e. The molecule has 6 heteroatoms. The second kappa shape index (κ2) is 3.96. The second-order valence-corrected chi connectivity index (χ2v) is 3.42. The first kappa shape index (κ1) is 10.1. The number of anilines is 1. The maximum Gasteiger partial charge on any atom is 0.244 e. The summed E-state index contributed by atoms with van der Waals surface area (Å²) in [6.45, 7) is 0.690. The molecule has 0 spiro atoms. The molecular weight excluding hydrogens is 204 g/mol. The Morgan fingerprint density at radius 1 is 1.47 bits per heavy atom. The third-order valence-corrected chi connectivity index (χ3v) is 2.43. The third kappa shape index (κ3) is 1.98. The molecule has 1 fully saturated rings. The van der Waals surface area contributed by atoms with Crippen LogP contribution in [-0.2, 0) is 0 Å². The van der Waals surface area contributed by atoms with Gasteiger partial charge in [0.2, 0.25) is 12.3 Å². The van der Waals surface area contributed by atoms with Gasteiger partial charge in [0.25, 0.3) is 0 Å². The van der Waals surface area contributed by atoms with Crippen LogP contribution < -0.4 is 9.64 Å². The Bertz CT molecular complexity index is 342. The second-order valence-electron chi connectivity index (χ2n) is 3.42. The molecule has 2 heterocycles. The van der Waals surface area contributed by atoms with Gasteiger partial charge in [-0.2, -0.15) is 0 Å². The number of halogens is 2. The average molecular weight is 215 g/mol. The van der Waals surface area contributed by atoms with Crippen LogP contribution in [0, 0.1) is 5.92 Å². The summed E-state index contributed by atoms with van der Waals surface area (Å²) in [6, 6.07) is 1.64. The maximum atomic E-state index is 12.2. The van der Waals surface area contributed by atoms with Crippen LogP contribution in [0.2, 0.25) is 0 Å². The molecule has 1 aromatic rings. The highest BCUT2D eigenvalue weighted by molar-refractivity contribution is 5.43. The van der Waals surface area contributed by atoms with Gasteiger partial charge in [0.05, 0.1) is 13.0 Å². The molecule has 0 atom stereocenters. The monoisotopic (exact) mass is 215 g/mol. The number of ether oxygens (including phenoxy) is 1. The molecule has 0 aromatic carbocycles. The van der Waals surface area contributed by atoms with Gasteiger partial charge < -0.3 is 9.64 Å². The minimum absolute atomic E-state index is 0.345. The van der Waals surface area contributed by atoms with E-state index in [4.69, 9.17) is 4.74 Å². The van der Waals surface area contributed by atoms with Crippen molar-refractivity contribution in [1.29, 1.82) is 0 Å². The molecule has 0 bridgehead atoms. The first-order valence-electron chi connectivity index (χ1n) is 4.60. The summed E-state index contributed by atoms with van der Waals surface area (Å²) in [5.74, 6) is 0.546. The van der Waals surface area contributed by atoms with E-state index < -0.39 is 12.3 Å². The number of nitrogens with zero attached hydrogens (tertiary/aromatic N) is 3. The van der Waals surface area contributed by atoms with Gasteiger partial charge in [-0.3, -0.25) is 0 Å². The number of rotatable bonds is 3. The van der Waals surface area contributed by atoms with Crippen LogP contribution >= 0.6 is 0 Å². The van der Waals surface area contributed by atoms with E-state index in [1.54, 1.807) is 11.0 Å². The van der Waals surface area contributed by atoms with Gasteiger partial charge in [-0.15, -0.1) is 0 Å². The van der Waals surface area contributed by atoms with Crippen LogP contribution in [0.5, 0.6) is 5.88 Å². The van der Waals surface area contributed by atoms with Crippen molar-refractivity contribution in [1.82, 2.24) is 9.97 Å². The molecule has 1 aromatic heterocycles. The zero-order valence-corrected chi connectivity index (χ0v) is 8.23. The quantitative estimate of drug-likeness (QED) is 0.759. The van der Waals surface area contributed by atoms with E-state index in [1.807, 2.05) is 0 Å². The van der Waals surface area contributed by atoms with Crippen molar-refractivity contribution in [3.63, 3.8) is 0 Å². The van der Waals surface area contributed by atoms with Crippen molar-refractivity contribution in [2.24, 2.45) is 5.92 Å². The van der Waals surface area contributed by atoms with E-state index in [2.05, 4.69) is 9.97 Å². The van der Waals surface area contributed by atoms with Crippen LogP contribution in [0.25, 0.3) is 0 Å². The molecule has 1 saturated heterocycles. The molecule has 0 aliphatic carbocycles. The molecule has 0 saturated carbocycles. The van der Waals surface area contributed by atoms with Gasteiger partial charge in [0, 0.05) is 19.2 Å². The Labute approximate surface area is 85.9 Å². The SMILES string of the molecule is COc1cc(N2CC(C(F)F)C2)ncn1. The zero-order chi connectivity index (χ0) is 10.8. The lowest BCUT2D eigenvalue weighted by Gasteiger charge is -2.39. The van der Waals surface area contributed by atoms with Crippen LogP contribution in [0.3, 0.4) is 0 Å². The Kier molecular flexibility index (Phi) is 2.66. The fourth-order valence-corrected chi connectivity index (χ4v) is 1.47. The molecule has 0 amide bonds. The molecule has 0 radical (unpaired) electrons. The van der Waals surface area contributed by atoms with Crippen molar-refractivity contribution in [3.8, 4) is 5.88 Å². The highest BCUT2D eigenvalue weighted by atomic mass is 19.3. The molecule has 15 heavy (non-hydrogen) atoms. The number of hydrogen-bond acceptors (Lipinski definition) is 4. The molecular formula is C9H11F2N3O. The first-order chi connectivity index (χ1) is 7.20. The van der Waals surface area contributed by atoms with E-state index in [1.165, 1.54) is 13.4 Å². The Balaban J connectivity index is 2.00. The minimum atomic E-state index is -2.25. The predicted molar refractivity (Wildman–Crippen MR) is 50.3 cm³/mol. The molecule has 0 unspecified atom stereocenters. The summed E-state index contributed by atoms with van der Waals surface area (Å²) in [5.41, 5.74) is 0. The van der Waals surface area contributed by atoms with Crippen LogP contribution in [0.1, 0.15) is 0 Å². The normalized spacial score (nSPS) is 16.7. The number of hydrogen-bond donors (Lipinski definition) is 0. The first-order valence-corrected chi connectivity index (χ1v) is 4.60. The number of methoxy groups -OCH3 is 1. The van der Waals surface area contributed by atoms with Crippen molar-refractivity contribution >= 4 is 5.82 Å². The summed E-state index contributed by atoms with van der Waals surface area (Å²) in [7, 11) is 1.50. The lowest BCUT2D eigenvalue weighted by Crippen LogP contribution is -2.50.